The Morgan fingerprint density at radius 2 is 1.83 bits per heavy atom. The molecule has 146 valence electrons. The first kappa shape index (κ1) is 18.4. The highest BCUT2D eigenvalue weighted by Crippen LogP contribution is 2.27. The zero-order valence-electron chi connectivity index (χ0n) is 14.6. The maximum absolute atomic E-state index is 13.4. The number of hydrogen-bond acceptors (Lipinski definition) is 5. The number of oxazole rings is 1. The van der Waals surface area contributed by atoms with Gasteiger partial charge in [0.05, 0.1) is 17.6 Å². The standard InChI is InChI=1S/C19H12F3N5O2/c20-12-1-3-13(4-2-12)27-9-14(16(26-27)17(21)22)24-18(28)15-10-29-19(25-15)11-5-7-23-8-6-11/h1-10,17H,(H,24,28). The van der Waals surface area contributed by atoms with Crippen molar-refractivity contribution in [1.82, 2.24) is 19.7 Å². The van der Waals surface area contributed by atoms with Gasteiger partial charge in [0.1, 0.15) is 12.1 Å². The van der Waals surface area contributed by atoms with Crippen LogP contribution in [0.4, 0.5) is 18.9 Å². The van der Waals surface area contributed by atoms with E-state index in [0.29, 0.717) is 11.3 Å². The second-order valence-corrected chi connectivity index (χ2v) is 5.88. The Bertz CT molecular complexity index is 1140. The Balaban J connectivity index is 1.59. The Labute approximate surface area is 161 Å². The first-order valence-corrected chi connectivity index (χ1v) is 8.32. The lowest BCUT2D eigenvalue weighted by atomic mass is 10.3. The summed E-state index contributed by atoms with van der Waals surface area (Å²) in [5.74, 6) is -1.03. The SMILES string of the molecule is O=C(Nc1cn(-c2ccc(F)cc2)nc1C(F)F)c1coc(-c2ccncc2)n1. The van der Waals surface area contributed by atoms with E-state index < -0.39 is 23.8 Å². The molecule has 3 aromatic heterocycles. The number of hydrogen-bond donors (Lipinski definition) is 1. The van der Waals surface area contributed by atoms with Gasteiger partial charge in [-0.25, -0.2) is 22.8 Å². The van der Waals surface area contributed by atoms with Crippen molar-refractivity contribution in [2.75, 3.05) is 5.32 Å². The summed E-state index contributed by atoms with van der Waals surface area (Å²) in [6, 6.07) is 8.40. The molecule has 7 nitrogen and oxygen atoms in total. The Kier molecular flexibility index (Phi) is 4.82. The van der Waals surface area contributed by atoms with Crippen molar-refractivity contribution < 1.29 is 22.4 Å². The van der Waals surface area contributed by atoms with Crippen molar-refractivity contribution in [2.24, 2.45) is 0 Å². The number of carbonyl (C=O) groups is 1. The minimum atomic E-state index is -2.93. The van der Waals surface area contributed by atoms with E-state index in [0.717, 1.165) is 10.9 Å². The van der Waals surface area contributed by atoms with Gasteiger partial charge < -0.3 is 9.73 Å². The van der Waals surface area contributed by atoms with Crippen LogP contribution in [-0.2, 0) is 0 Å². The summed E-state index contributed by atoms with van der Waals surface area (Å²) < 4.78 is 46.2. The van der Waals surface area contributed by atoms with Gasteiger partial charge in [-0.05, 0) is 36.4 Å². The van der Waals surface area contributed by atoms with Gasteiger partial charge >= 0.3 is 0 Å². The molecule has 0 aliphatic heterocycles. The average molecular weight is 399 g/mol. The highest BCUT2D eigenvalue weighted by molar-refractivity contribution is 6.03. The summed E-state index contributed by atoms with van der Waals surface area (Å²) in [7, 11) is 0. The average Bonchev–Trinajstić information content (AvgIpc) is 3.37. The molecule has 1 N–H and O–H groups in total. The first-order valence-electron chi connectivity index (χ1n) is 8.32. The van der Waals surface area contributed by atoms with E-state index in [1.54, 1.807) is 12.1 Å². The lowest BCUT2D eigenvalue weighted by molar-refractivity contribution is 0.102. The molecule has 0 saturated carbocycles. The molecule has 0 aliphatic carbocycles. The third-order valence-corrected chi connectivity index (χ3v) is 3.95. The van der Waals surface area contributed by atoms with Gasteiger partial charge in [-0.15, -0.1) is 0 Å². The Morgan fingerprint density at radius 3 is 2.52 bits per heavy atom. The zero-order valence-corrected chi connectivity index (χ0v) is 14.6. The zero-order chi connectivity index (χ0) is 20.4. The predicted molar refractivity (Wildman–Crippen MR) is 96.2 cm³/mol. The molecule has 0 fully saturated rings. The highest BCUT2D eigenvalue weighted by Gasteiger charge is 2.22. The fourth-order valence-electron chi connectivity index (χ4n) is 2.56. The fourth-order valence-corrected chi connectivity index (χ4v) is 2.56. The maximum Gasteiger partial charge on any atom is 0.284 e. The number of benzene rings is 1. The van der Waals surface area contributed by atoms with Crippen molar-refractivity contribution in [3.05, 3.63) is 78.5 Å². The Hall–Kier alpha value is -3.95. The molecule has 0 spiro atoms. The van der Waals surface area contributed by atoms with Crippen LogP contribution in [0.1, 0.15) is 22.6 Å². The molecule has 4 aromatic rings. The van der Waals surface area contributed by atoms with E-state index in [1.807, 2.05) is 0 Å². The summed E-state index contributed by atoms with van der Waals surface area (Å²) in [6.45, 7) is 0. The normalized spacial score (nSPS) is 11.0. The molecule has 0 aliphatic rings. The van der Waals surface area contributed by atoms with Gasteiger partial charge in [-0.1, -0.05) is 0 Å². The van der Waals surface area contributed by atoms with E-state index in [4.69, 9.17) is 4.42 Å². The van der Waals surface area contributed by atoms with Crippen LogP contribution in [0, 0.1) is 5.82 Å². The quantitative estimate of drug-likeness (QED) is 0.542. The number of nitrogens with zero attached hydrogens (tertiary/aromatic N) is 4. The molecule has 0 bridgehead atoms. The van der Waals surface area contributed by atoms with Gasteiger partial charge in [0, 0.05) is 18.0 Å². The number of rotatable bonds is 5. The van der Waals surface area contributed by atoms with Gasteiger partial charge in [0.2, 0.25) is 5.89 Å². The van der Waals surface area contributed by atoms with Gasteiger partial charge in [-0.2, -0.15) is 5.10 Å². The number of anilines is 1. The third kappa shape index (κ3) is 3.86. The predicted octanol–water partition coefficient (Wildman–Crippen LogP) is 4.25. The molecular weight excluding hydrogens is 387 g/mol. The van der Waals surface area contributed by atoms with E-state index in [9.17, 15) is 18.0 Å². The molecule has 1 amide bonds. The molecule has 1 aromatic carbocycles. The lowest BCUT2D eigenvalue weighted by Crippen LogP contribution is -2.13. The van der Waals surface area contributed by atoms with Gasteiger partial charge in [0.25, 0.3) is 12.3 Å². The van der Waals surface area contributed by atoms with Crippen molar-refractivity contribution in [1.29, 1.82) is 0 Å². The number of nitrogens with one attached hydrogen (secondary N) is 1. The minimum absolute atomic E-state index is 0.0911. The summed E-state index contributed by atoms with van der Waals surface area (Å²) >= 11 is 0. The lowest BCUT2D eigenvalue weighted by Gasteiger charge is -2.01. The molecule has 3 heterocycles. The van der Waals surface area contributed by atoms with Crippen LogP contribution < -0.4 is 5.32 Å². The largest absolute Gasteiger partial charge is 0.444 e. The molecule has 0 atom stereocenters. The van der Waals surface area contributed by atoms with Crippen molar-refractivity contribution in [3.8, 4) is 17.1 Å². The van der Waals surface area contributed by atoms with Crippen LogP contribution in [-0.4, -0.2) is 25.7 Å². The molecule has 29 heavy (non-hydrogen) atoms. The van der Waals surface area contributed by atoms with Crippen LogP contribution in [0.2, 0.25) is 0 Å². The molecular formula is C19H12F3N5O2. The maximum atomic E-state index is 13.4. The summed E-state index contributed by atoms with van der Waals surface area (Å²) in [6.07, 6.45) is 2.49. The van der Waals surface area contributed by atoms with Crippen LogP contribution in [0.15, 0.2) is 65.7 Å². The molecule has 4 rings (SSSR count). The summed E-state index contributed by atoms with van der Waals surface area (Å²) in [5.41, 5.74) is 0.0570. The first-order chi connectivity index (χ1) is 14.0. The summed E-state index contributed by atoms with van der Waals surface area (Å²) in [5, 5.41) is 6.15. The van der Waals surface area contributed by atoms with E-state index in [2.05, 4.69) is 20.4 Å². The fraction of sp³-hybridized carbons (Fsp3) is 0.0526. The number of carbonyl (C=O) groups excluding carboxylic acids is 1. The molecule has 0 unspecified atom stereocenters. The smallest absolute Gasteiger partial charge is 0.284 e. The van der Waals surface area contributed by atoms with E-state index in [-0.39, 0.29) is 17.3 Å². The molecule has 10 heteroatoms. The van der Waals surface area contributed by atoms with Crippen molar-refractivity contribution >= 4 is 11.6 Å². The number of amides is 1. The van der Waals surface area contributed by atoms with E-state index >= 15 is 0 Å². The van der Waals surface area contributed by atoms with Crippen LogP contribution >= 0.6 is 0 Å². The second kappa shape index (κ2) is 7.58. The number of alkyl halides is 2. The van der Waals surface area contributed by atoms with E-state index in [1.165, 1.54) is 42.9 Å². The number of halogens is 3. The van der Waals surface area contributed by atoms with Gasteiger partial charge in [0.15, 0.2) is 11.4 Å². The molecule has 0 saturated heterocycles. The third-order valence-electron chi connectivity index (χ3n) is 3.95. The monoisotopic (exact) mass is 399 g/mol. The highest BCUT2D eigenvalue weighted by atomic mass is 19.3. The van der Waals surface area contributed by atoms with Crippen LogP contribution in [0.3, 0.4) is 0 Å². The minimum Gasteiger partial charge on any atom is -0.444 e. The molecule has 0 radical (unpaired) electrons. The second-order valence-electron chi connectivity index (χ2n) is 5.88. The number of aromatic nitrogens is 4. The van der Waals surface area contributed by atoms with Crippen molar-refractivity contribution in [3.63, 3.8) is 0 Å². The number of pyridine rings is 1. The Morgan fingerprint density at radius 1 is 1.10 bits per heavy atom. The topological polar surface area (TPSA) is 85.8 Å². The van der Waals surface area contributed by atoms with Gasteiger partial charge in [-0.3, -0.25) is 9.78 Å². The van der Waals surface area contributed by atoms with Crippen molar-refractivity contribution in [2.45, 2.75) is 6.43 Å². The summed E-state index contributed by atoms with van der Waals surface area (Å²) in [4.78, 5) is 20.4. The van der Waals surface area contributed by atoms with Crippen LogP contribution in [0.25, 0.3) is 17.1 Å². The van der Waals surface area contributed by atoms with Crippen LogP contribution in [0.5, 0.6) is 0 Å².